The largest absolute Gasteiger partial charge is 0.228 e. The number of nitrogens with zero attached hydrogens (tertiary/aromatic N) is 2. The van der Waals surface area contributed by atoms with Crippen LogP contribution in [-0.4, -0.2) is 9.97 Å². The zero-order chi connectivity index (χ0) is 37.1. The van der Waals surface area contributed by atoms with Gasteiger partial charge in [0, 0.05) is 36.9 Å². The summed E-state index contributed by atoms with van der Waals surface area (Å²) in [7, 11) is 0. The Morgan fingerprint density at radius 3 is 1.62 bits per heavy atom. The zero-order valence-corrected chi connectivity index (χ0v) is 31.2. The standard InChI is InChI=1S/C53H34N2S/c1-5-16-35(17-6-1)41-25-15-26-45-51(41)43-30-28-38(33-46(43)53(45,39-20-9-3-10-21-39)40-22-11-4-12-23-40)48-34-47(54-52(55-48)36-18-7-2-8-19-36)37-29-31-50-44(32-37)42-24-13-14-27-49(42)56-50/h1-34H. The van der Waals surface area contributed by atoms with Crippen LogP contribution in [-0.2, 0) is 5.41 Å². The second-order valence-electron chi connectivity index (χ2n) is 14.5. The molecule has 0 spiro atoms. The summed E-state index contributed by atoms with van der Waals surface area (Å²) in [6, 6.07) is 74.6. The van der Waals surface area contributed by atoms with Gasteiger partial charge in [-0.05, 0) is 74.8 Å². The average Bonchev–Trinajstić information content (AvgIpc) is 3.80. The van der Waals surface area contributed by atoms with Crippen molar-refractivity contribution < 1.29 is 0 Å². The maximum Gasteiger partial charge on any atom is 0.160 e. The smallest absolute Gasteiger partial charge is 0.160 e. The summed E-state index contributed by atoms with van der Waals surface area (Å²) in [5, 5.41) is 2.53. The Labute approximate surface area is 330 Å². The highest BCUT2D eigenvalue weighted by Gasteiger charge is 2.47. The summed E-state index contributed by atoms with van der Waals surface area (Å²) < 4.78 is 2.57. The summed E-state index contributed by atoms with van der Waals surface area (Å²) in [5.41, 5.74) is 14.3. The normalized spacial score (nSPS) is 12.8. The summed E-state index contributed by atoms with van der Waals surface area (Å²) in [6.45, 7) is 0. The Morgan fingerprint density at radius 1 is 0.357 bits per heavy atom. The van der Waals surface area contributed by atoms with Gasteiger partial charge >= 0.3 is 0 Å². The van der Waals surface area contributed by atoms with Crippen LogP contribution in [0.1, 0.15) is 22.3 Å². The van der Waals surface area contributed by atoms with Gasteiger partial charge in [-0.2, -0.15) is 0 Å². The summed E-state index contributed by atoms with van der Waals surface area (Å²) >= 11 is 1.83. The van der Waals surface area contributed by atoms with Crippen molar-refractivity contribution in [2.75, 3.05) is 0 Å². The topological polar surface area (TPSA) is 25.8 Å². The van der Waals surface area contributed by atoms with Crippen molar-refractivity contribution in [2.45, 2.75) is 5.41 Å². The van der Waals surface area contributed by atoms with E-state index < -0.39 is 5.41 Å². The number of hydrogen-bond acceptors (Lipinski definition) is 3. The van der Waals surface area contributed by atoms with Crippen LogP contribution in [0.3, 0.4) is 0 Å². The molecule has 0 atom stereocenters. The predicted octanol–water partition coefficient (Wildman–Crippen LogP) is 13.9. The third-order valence-corrected chi connectivity index (χ3v) is 12.5. The van der Waals surface area contributed by atoms with Gasteiger partial charge in [0.25, 0.3) is 0 Å². The number of rotatable bonds is 6. The lowest BCUT2D eigenvalue weighted by Crippen LogP contribution is -2.28. The first-order valence-corrected chi connectivity index (χ1v) is 19.9. The molecule has 0 saturated carbocycles. The molecule has 2 nitrogen and oxygen atoms in total. The molecule has 1 aliphatic rings. The first-order chi connectivity index (χ1) is 27.8. The lowest BCUT2D eigenvalue weighted by atomic mass is 9.67. The zero-order valence-electron chi connectivity index (χ0n) is 30.4. The van der Waals surface area contributed by atoms with Gasteiger partial charge in [-0.1, -0.05) is 176 Å². The van der Waals surface area contributed by atoms with Crippen molar-refractivity contribution in [3.63, 3.8) is 0 Å². The molecule has 0 fully saturated rings. The van der Waals surface area contributed by atoms with Crippen LogP contribution >= 0.6 is 11.3 Å². The Hall–Kier alpha value is -6.94. The highest BCUT2D eigenvalue weighted by atomic mass is 32.1. The molecule has 8 aromatic carbocycles. The lowest BCUT2D eigenvalue weighted by Gasteiger charge is -2.34. The van der Waals surface area contributed by atoms with E-state index in [2.05, 4.69) is 200 Å². The van der Waals surface area contributed by atoms with Crippen LogP contribution in [0.25, 0.3) is 76.3 Å². The van der Waals surface area contributed by atoms with E-state index >= 15 is 0 Å². The number of benzene rings is 8. The van der Waals surface area contributed by atoms with Crippen molar-refractivity contribution in [1.82, 2.24) is 9.97 Å². The van der Waals surface area contributed by atoms with E-state index in [0.29, 0.717) is 5.82 Å². The second kappa shape index (κ2) is 13.1. The molecule has 0 radical (unpaired) electrons. The van der Waals surface area contributed by atoms with E-state index in [4.69, 9.17) is 9.97 Å². The van der Waals surface area contributed by atoms with Gasteiger partial charge in [0.05, 0.1) is 16.8 Å². The molecular weight excluding hydrogens is 697 g/mol. The molecular formula is C53H34N2S. The molecule has 262 valence electrons. The summed E-state index contributed by atoms with van der Waals surface area (Å²) in [6.07, 6.45) is 0. The minimum Gasteiger partial charge on any atom is -0.228 e. The minimum atomic E-state index is -0.558. The average molecular weight is 731 g/mol. The van der Waals surface area contributed by atoms with E-state index in [1.54, 1.807) is 0 Å². The summed E-state index contributed by atoms with van der Waals surface area (Å²) in [5.74, 6) is 0.709. The van der Waals surface area contributed by atoms with Gasteiger partial charge in [0.1, 0.15) is 0 Å². The Kier molecular flexibility index (Phi) is 7.61. The molecule has 2 aromatic heterocycles. The first kappa shape index (κ1) is 32.5. The van der Waals surface area contributed by atoms with Crippen LogP contribution in [0.15, 0.2) is 206 Å². The maximum absolute atomic E-state index is 5.33. The maximum atomic E-state index is 5.33. The lowest BCUT2D eigenvalue weighted by molar-refractivity contribution is 0.769. The molecule has 11 rings (SSSR count). The number of aromatic nitrogens is 2. The number of fused-ring (bicyclic) bond motifs is 6. The fraction of sp³-hybridized carbons (Fsp3) is 0.0189. The van der Waals surface area contributed by atoms with Crippen molar-refractivity contribution in [3.8, 4) is 56.2 Å². The quantitative estimate of drug-likeness (QED) is 0.170. The molecule has 56 heavy (non-hydrogen) atoms. The van der Waals surface area contributed by atoms with Gasteiger partial charge in [0.2, 0.25) is 0 Å². The van der Waals surface area contributed by atoms with Gasteiger partial charge < -0.3 is 0 Å². The van der Waals surface area contributed by atoms with Crippen molar-refractivity contribution >= 4 is 31.5 Å². The summed E-state index contributed by atoms with van der Waals surface area (Å²) in [4.78, 5) is 10.6. The molecule has 0 amide bonds. The van der Waals surface area contributed by atoms with E-state index in [1.807, 2.05) is 17.4 Å². The van der Waals surface area contributed by atoms with Crippen LogP contribution < -0.4 is 0 Å². The van der Waals surface area contributed by atoms with Crippen LogP contribution in [0, 0.1) is 0 Å². The monoisotopic (exact) mass is 730 g/mol. The SMILES string of the molecule is c1ccc(-c2nc(-c3ccc4c(c3)C(c3ccccc3)(c3ccccc3)c3cccc(-c5ccccc5)c3-4)cc(-c3ccc4sc5ccccc5c4c3)n2)cc1. The number of thiophene rings is 1. The molecule has 10 aromatic rings. The number of hydrogen-bond donors (Lipinski definition) is 0. The Bertz CT molecular complexity index is 3020. The molecule has 1 aliphatic carbocycles. The van der Waals surface area contributed by atoms with Crippen LogP contribution in [0.2, 0.25) is 0 Å². The van der Waals surface area contributed by atoms with E-state index in [0.717, 1.165) is 28.1 Å². The molecule has 0 aliphatic heterocycles. The van der Waals surface area contributed by atoms with E-state index in [1.165, 1.54) is 64.7 Å². The molecule has 0 N–H and O–H groups in total. The third kappa shape index (κ3) is 5.09. The fourth-order valence-corrected chi connectivity index (χ4v) is 9.99. The van der Waals surface area contributed by atoms with Crippen molar-refractivity contribution in [1.29, 1.82) is 0 Å². The van der Waals surface area contributed by atoms with Gasteiger partial charge in [-0.15, -0.1) is 11.3 Å². The Morgan fingerprint density at radius 2 is 0.929 bits per heavy atom. The molecule has 0 unspecified atom stereocenters. The van der Waals surface area contributed by atoms with E-state index in [9.17, 15) is 0 Å². The second-order valence-corrected chi connectivity index (χ2v) is 15.6. The highest BCUT2D eigenvalue weighted by Crippen LogP contribution is 2.59. The highest BCUT2D eigenvalue weighted by molar-refractivity contribution is 7.25. The fourth-order valence-electron chi connectivity index (χ4n) is 8.90. The Balaban J connectivity index is 1.18. The predicted molar refractivity (Wildman–Crippen MR) is 234 cm³/mol. The molecule has 0 bridgehead atoms. The third-order valence-electron chi connectivity index (χ3n) is 11.4. The van der Waals surface area contributed by atoms with Gasteiger partial charge in [-0.3, -0.25) is 0 Å². The van der Waals surface area contributed by atoms with Gasteiger partial charge in [0.15, 0.2) is 5.82 Å². The van der Waals surface area contributed by atoms with E-state index in [-0.39, 0.29) is 0 Å². The van der Waals surface area contributed by atoms with Crippen molar-refractivity contribution in [2.24, 2.45) is 0 Å². The van der Waals surface area contributed by atoms with Crippen molar-refractivity contribution in [3.05, 3.63) is 229 Å². The first-order valence-electron chi connectivity index (χ1n) is 19.1. The molecule has 2 heterocycles. The van der Waals surface area contributed by atoms with Crippen LogP contribution in [0.4, 0.5) is 0 Å². The molecule has 3 heteroatoms. The van der Waals surface area contributed by atoms with Crippen LogP contribution in [0.5, 0.6) is 0 Å². The minimum absolute atomic E-state index is 0.558. The molecule has 0 saturated heterocycles. The van der Waals surface area contributed by atoms with Gasteiger partial charge in [-0.25, -0.2) is 9.97 Å².